The summed E-state index contributed by atoms with van der Waals surface area (Å²) in [5.74, 6) is 0.718. The highest BCUT2D eigenvalue weighted by Gasteiger charge is 2.37. The zero-order valence-electron chi connectivity index (χ0n) is 13.6. The van der Waals surface area contributed by atoms with Crippen molar-refractivity contribution in [3.05, 3.63) is 0 Å². The average molecular weight is 317 g/mol. The third-order valence-corrected chi connectivity index (χ3v) is 7.00. The predicted octanol–water partition coefficient (Wildman–Crippen LogP) is 1.82. The summed E-state index contributed by atoms with van der Waals surface area (Å²) in [6, 6.07) is 0.127. The van der Waals surface area contributed by atoms with Gasteiger partial charge in [-0.1, -0.05) is 26.2 Å². The molecule has 5 nitrogen and oxygen atoms in total. The van der Waals surface area contributed by atoms with E-state index in [-0.39, 0.29) is 6.04 Å². The molecule has 0 radical (unpaired) electrons. The van der Waals surface area contributed by atoms with E-state index in [1.807, 2.05) is 7.05 Å². The lowest BCUT2D eigenvalue weighted by atomic mass is 9.94. The van der Waals surface area contributed by atoms with E-state index in [0.29, 0.717) is 19.6 Å². The number of nitrogens with zero attached hydrogens (tertiary/aromatic N) is 2. The summed E-state index contributed by atoms with van der Waals surface area (Å²) in [6.07, 6.45) is 7.60. The van der Waals surface area contributed by atoms with E-state index in [4.69, 9.17) is 0 Å². The van der Waals surface area contributed by atoms with Crippen LogP contribution in [0.1, 0.15) is 51.9 Å². The predicted molar refractivity (Wildman–Crippen MR) is 86.4 cm³/mol. The van der Waals surface area contributed by atoms with Gasteiger partial charge in [0.25, 0.3) is 10.2 Å². The summed E-state index contributed by atoms with van der Waals surface area (Å²) in [6.45, 7) is 5.06. The van der Waals surface area contributed by atoms with E-state index < -0.39 is 10.2 Å². The van der Waals surface area contributed by atoms with Crippen LogP contribution in [-0.4, -0.2) is 56.3 Å². The summed E-state index contributed by atoms with van der Waals surface area (Å²) in [7, 11) is -1.37. The fourth-order valence-electron chi connectivity index (χ4n) is 3.70. The van der Waals surface area contributed by atoms with Crippen LogP contribution >= 0.6 is 0 Å². The zero-order chi connectivity index (χ0) is 15.3. The van der Waals surface area contributed by atoms with Gasteiger partial charge in [-0.15, -0.1) is 0 Å². The Hall–Kier alpha value is -0.170. The normalized spacial score (nSPS) is 27.0. The second kappa shape index (κ2) is 7.90. The van der Waals surface area contributed by atoms with Crippen molar-refractivity contribution < 1.29 is 8.42 Å². The molecular weight excluding hydrogens is 286 g/mol. The number of hydrogen-bond acceptors (Lipinski definition) is 3. The molecule has 0 spiro atoms. The summed E-state index contributed by atoms with van der Waals surface area (Å²) in [4.78, 5) is 0. The molecule has 2 fully saturated rings. The first kappa shape index (κ1) is 17.2. The lowest BCUT2D eigenvalue weighted by Crippen LogP contribution is -2.54. The summed E-state index contributed by atoms with van der Waals surface area (Å²) in [5, 5.41) is 3.14. The lowest BCUT2D eigenvalue weighted by molar-refractivity contribution is 0.205. The number of hydrogen-bond donors (Lipinski definition) is 1. The van der Waals surface area contributed by atoms with Gasteiger partial charge in [-0.25, -0.2) is 0 Å². The fraction of sp³-hybridized carbons (Fsp3) is 1.00. The van der Waals surface area contributed by atoms with E-state index in [1.165, 1.54) is 12.8 Å². The second-order valence-corrected chi connectivity index (χ2v) is 8.34. The monoisotopic (exact) mass is 317 g/mol. The molecule has 2 aliphatic rings. The van der Waals surface area contributed by atoms with Crippen molar-refractivity contribution in [2.45, 2.75) is 57.9 Å². The Morgan fingerprint density at radius 2 is 1.81 bits per heavy atom. The Morgan fingerprint density at radius 1 is 1.10 bits per heavy atom. The molecule has 0 amide bonds. The SMILES string of the molecule is CCCC1CCN(S(=O)(=O)N2CCCCC2CNC)CC1. The highest BCUT2D eigenvalue weighted by atomic mass is 32.2. The Morgan fingerprint density at radius 3 is 2.43 bits per heavy atom. The summed E-state index contributed by atoms with van der Waals surface area (Å²) >= 11 is 0. The van der Waals surface area contributed by atoms with E-state index in [2.05, 4.69) is 12.2 Å². The molecule has 1 N–H and O–H groups in total. The summed E-state index contributed by atoms with van der Waals surface area (Å²) < 4.78 is 29.3. The van der Waals surface area contributed by atoms with Crippen LogP contribution in [0.15, 0.2) is 0 Å². The lowest BCUT2D eigenvalue weighted by Gasteiger charge is -2.40. The van der Waals surface area contributed by atoms with Gasteiger partial charge in [0.15, 0.2) is 0 Å². The average Bonchev–Trinajstić information content (AvgIpc) is 2.49. The van der Waals surface area contributed by atoms with E-state index in [1.54, 1.807) is 8.61 Å². The molecule has 0 aromatic heterocycles. The van der Waals surface area contributed by atoms with Crippen LogP contribution in [0.4, 0.5) is 0 Å². The van der Waals surface area contributed by atoms with Gasteiger partial charge in [0.05, 0.1) is 0 Å². The Balaban J connectivity index is 2.00. The first-order valence-corrected chi connectivity index (χ1v) is 9.90. The van der Waals surface area contributed by atoms with Gasteiger partial charge in [0.2, 0.25) is 0 Å². The van der Waals surface area contributed by atoms with Gasteiger partial charge in [0, 0.05) is 32.2 Å². The molecule has 0 aromatic rings. The Kier molecular flexibility index (Phi) is 6.47. The number of rotatable bonds is 6. The molecule has 0 saturated carbocycles. The van der Waals surface area contributed by atoms with Gasteiger partial charge in [-0.2, -0.15) is 17.0 Å². The van der Waals surface area contributed by atoms with E-state index in [9.17, 15) is 8.42 Å². The molecule has 0 aromatic carbocycles. The zero-order valence-corrected chi connectivity index (χ0v) is 14.4. The maximum Gasteiger partial charge on any atom is 0.282 e. The minimum absolute atomic E-state index is 0.127. The minimum atomic E-state index is -3.27. The molecule has 21 heavy (non-hydrogen) atoms. The van der Waals surface area contributed by atoms with Crippen LogP contribution < -0.4 is 5.32 Å². The molecule has 6 heteroatoms. The second-order valence-electron chi connectivity index (χ2n) is 6.46. The highest BCUT2D eigenvalue weighted by molar-refractivity contribution is 7.86. The fourth-order valence-corrected chi connectivity index (χ4v) is 5.59. The van der Waals surface area contributed by atoms with Crippen molar-refractivity contribution in [3.8, 4) is 0 Å². The van der Waals surface area contributed by atoms with Gasteiger partial charge in [-0.05, 0) is 38.6 Å². The first-order valence-electron chi connectivity index (χ1n) is 8.51. The number of piperidine rings is 2. The molecule has 1 unspecified atom stereocenters. The van der Waals surface area contributed by atoms with Crippen LogP contribution in [-0.2, 0) is 10.2 Å². The molecule has 2 saturated heterocycles. The van der Waals surface area contributed by atoms with Crippen LogP contribution in [0.5, 0.6) is 0 Å². The molecule has 2 heterocycles. The van der Waals surface area contributed by atoms with E-state index >= 15 is 0 Å². The van der Waals surface area contributed by atoms with Crippen molar-refractivity contribution in [1.29, 1.82) is 0 Å². The molecule has 124 valence electrons. The number of likely N-dealkylation sites (N-methyl/N-ethyl adjacent to an activating group) is 1. The van der Waals surface area contributed by atoms with Crippen LogP contribution in [0.25, 0.3) is 0 Å². The Labute approximate surface area is 130 Å². The summed E-state index contributed by atoms with van der Waals surface area (Å²) in [5.41, 5.74) is 0. The maximum absolute atomic E-state index is 12.9. The molecule has 1 atom stereocenters. The van der Waals surface area contributed by atoms with Crippen molar-refractivity contribution in [2.24, 2.45) is 5.92 Å². The van der Waals surface area contributed by atoms with Crippen LogP contribution in [0.2, 0.25) is 0 Å². The Bertz CT molecular complexity index is 403. The van der Waals surface area contributed by atoms with Crippen molar-refractivity contribution in [2.75, 3.05) is 33.2 Å². The maximum atomic E-state index is 12.9. The van der Waals surface area contributed by atoms with Crippen molar-refractivity contribution >= 4 is 10.2 Å². The van der Waals surface area contributed by atoms with Crippen LogP contribution in [0.3, 0.4) is 0 Å². The van der Waals surface area contributed by atoms with Gasteiger partial charge < -0.3 is 5.32 Å². The quantitative estimate of drug-likeness (QED) is 0.813. The van der Waals surface area contributed by atoms with Crippen molar-refractivity contribution in [1.82, 2.24) is 13.9 Å². The number of nitrogens with one attached hydrogen (secondary N) is 1. The van der Waals surface area contributed by atoms with Gasteiger partial charge >= 0.3 is 0 Å². The molecule has 2 aliphatic heterocycles. The van der Waals surface area contributed by atoms with Crippen molar-refractivity contribution in [3.63, 3.8) is 0 Å². The third-order valence-electron chi connectivity index (χ3n) is 4.91. The smallest absolute Gasteiger partial charge is 0.282 e. The van der Waals surface area contributed by atoms with Gasteiger partial charge in [-0.3, -0.25) is 0 Å². The van der Waals surface area contributed by atoms with Crippen LogP contribution in [0, 0.1) is 5.92 Å². The minimum Gasteiger partial charge on any atom is -0.318 e. The standard InChI is InChI=1S/C15H31N3O2S/c1-3-6-14-8-11-17(12-9-14)21(19,20)18-10-5-4-7-15(18)13-16-2/h14-16H,3-13H2,1-2H3. The molecule has 2 rings (SSSR count). The third kappa shape index (κ3) is 4.18. The molecular formula is C15H31N3O2S. The largest absolute Gasteiger partial charge is 0.318 e. The van der Waals surface area contributed by atoms with Gasteiger partial charge in [0.1, 0.15) is 0 Å². The molecule has 0 aliphatic carbocycles. The van der Waals surface area contributed by atoms with E-state index in [0.717, 1.165) is 44.6 Å². The first-order chi connectivity index (χ1) is 10.1. The topological polar surface area (TPSA) is 52.7 Å². The molecule has 0 bridgehead atoms. The highest BCUT2D eigenvalue weighted by Crippen LogP contribution is 2.27.